The van der Waals surface area contributed by atoms with E-state index in [1.54, 1.807) is 75.0 Å². The third-order valence-electron chi connectivity index (χ3n) is 16.4. The number of aliphatic hydroxyl groups is 2. The van der Waals surface area contributed by atoms with Gasteiger partial charge in [-0.15, -0.1) is 0 Å². The van der Waals surface area contributed by atoms with Crippen molar-refractivity contribution in [3.05, 3.63) is 130 Å². The van der Waals surface area contributed by atoms with Crippen LogP contribution in [0.1, 0.15) is 129 Å². The molecule has 6 atom stereocenters. The van der Waals surface area contributed by atoms with Gasteiger partial charge in [0.1, 0.15) is 24.8 Å². The van der Waals surface area contributed by atoms with Gasteiger partial charge in [-0.3, -0.25) is 28.8 Å². The summed E-state index contributed by atoms with van der Waals surface area (Å²) in [5, 5.41) is 26.6. The highest BCUT2D eigenvalue weighted by molar-refractivity contribution is 6.07. The average molecular weight is 1260 g/mol. The van der Waals surface area contributed by atoms with E-state index in [4.69, 9.17) is 37.9 Å². The van der Waals surface area contributed by atoms with E-state index >= 15 is 0 Å². The number of ketones is 3. The predicted molar refractivity (Wildman–Crippen MR) is 334 cm³/mol. The highest BCUT2D eigenvalue weighted by atomic mass is 16.6. The molecule has 0 unspecified atom stereocenters. The first-order chi connectivity index (χ1) is 43.6. The summed E-state index contributed by atoms with van der Waals surface area (Å²) in [7, 11) is 4.41. The average Bonchev–Trinajstić information content (AvgIpc) is 1.64. The van der Waals surface area contributed by atoms with Crippen LogP contribution in [0, 0.1) is 11.8 Å². The molecule has 0 aliphatic carbocycles. The standard InChI is InChI=1S/C68H83N5O18/c1-40(2)50(31-49(75)21-24-87-26-25-84-7)62(77)69-44(6)57(76)30-46-15-19-48(20-16-46)39-91-68(83)73-54-35-61(59(86-9)33-52(54)64(79)71-37-42(4)28-56(71)66(73)81)89-23-12-10-11-22-88-60-34-53-51(32-58(60)85-8)63(78)70-36-41(3)27-55(70)65(80)72(53)67(82)90-38-47-17-13-45(14-18-47)29-43(5)74/h13-20,32-37,40,44,50,55-56,65-66,80-81H,10-12,21-31,38-39H2,1-9H3,(H,69,77)/t44-,50-,55-,56-,65-,66-/m0/s1. The lowest BCUT2D eigenvalue weighted by atomic mass is 9.88. The van der Waals surface area contributed by atoms with Crippen LogP contribution < -0.4 is 34.1 Å². The third kappa shape index (κ3) is 16.9. The number of aliphatic hydroxyl groups excluding tert-OH is 2. The molecular weight excluding hydrogens is 1170 g/mol. The lowest BCUT2D eigenvalue weighted by molar-refractivity contribution is -0.133. The molecule has 4 aliphatic heterocycles. The first-order valence-electron chi connectivity index (χ1n) is 30.6. The molecule has 0 saturated carbocycles. The van der Waals surface area contributed by atoms with E-state index in [1.165, 1.54) is 55.2 Å². The molecule has 488 valence electrons. The molecule has 4 heterocycles. The van der Waals surface area contributed by atoms with Gasteiger partial charge >= 0.3 is 12.2 Å². The second kappa shape index (κ2) is 31.4. The summed E-state index contributed by atoms with van der Waals surface area (Å²) >= 11 is 0. The Morgan fingerprint density at radius 1 is 0.593 bits per heavy atom. The molecule has 91 heavy (non-hydrogen) atoms. The van der Waals surface area contributed by atoms with E-state index in [2.05, 4.69) is 5.32 Å². The number of carbonyl (C=O) groups is 8. The number of nitrogens with one attached hydrogen (secondary N) is 1. The number of nitrogens with zero attached hydrogens (tertiary/aromatic N) is 4. The van der Waals surface area contributed by atoms with E-state index in [0.29, 0.717) is 55.6 Å². The van der Waals surface area contributed by atoms with Crippen molar-refractivity contribution >= 4 is 58.6 Å². The third-order valence-corrected chi connectivity index (χ3v) is 16.4. The number of anilines is 2. The number of unbranched alkanes of at least 4 members (excludes halogenated alkanes) is 2. The van der Waals surface area contributed by atoms with E-state index in [1.807, 2.05) is 27.7 Å². The summed E-state index contributed by atoms with van der Waals surface area (Å²) in [6, 6.07) is 17.3. The normalized spacial score (nSPS) is 18.2. The van der Waals surface area contributed by atoms with Gasteiger partial charge in [-0.05, 0) is 100 Å². The summed E-state index contributed by atoms with van der Waals surface area (Å²) in [6.07, 6.45) is 1.09. The Labute approximate surface area is 530 Å². The smallest absolute Gasteiger partial charge is 0.416 e. The minimum atomic E-state index is -1.54. The fourth-order valence-electron chi connectivity index (χ4n) is 11.4. The van der Waals surface area contributed by atoms with Gasteiger partial charge in [0.15, 0.2) is 41.2 Å². The Kier molecular flexibility index (Phi) is 23.6. The molecule has 0 aromatic heterocycles. The van der Waals surface area contributed by atoms with Gasteiger partial charge in [-0.25, -0.2) is 19.4 Å². The molecule has 0 spiro atoms. The summed E-state index contributed by atoms with van der Waals surface area (Å²) in [5.74, 6) is -1.58. The molecule has 3 N–H and O–H groups in total. The minimum Gasteiger partial charge on any atom is -0.493 e. The second-order valence-electron chi connectivity index (χ2n) is 23.7. The van der Waals surface area contributed by atoms with Crippen molar-refractivity contribution in [1.82, 2.24) is 15.1 Å². The van der Waals surface area contributed by atoms with Crippen LogP contribution in [0.4, 0.5) is 21.0 Å². The highest BCUT2D eigenvalue weighted by Crippen LogP contribution is 2.44. The molecule has 0 fully saturated rings. The Hall–Kier alpha value is -8.64. The minimum absolute atomic E-state index is 0.00298. The predicted octanol–water partition coefficient (Wildman–Crippen LogP) is 8.55. The van der Waals surface area contributed by atoms with Crippen LogP contribution in [-0.4, -0.2) is 152 Å². The van der Waals surface area contributed by atoms with Crippen LogP contribution in [0.25, 0.3) is 0 Å². The van der Waals surface area contributed by atoms with E-state index in [9.17, 15) is 48.6 Å². The number of rotatable bonds is 30. The number of methoxy groups -OCH3 is 3. The maximum absolute atomic E-state index is 14.3. The summed E-state index contributed by atoms with van der Waals surface area (Å²) in [5.41, 5.74) is 4.60. The molecule has 5 amide bonds. The van der Waals surface area contributed by atoms with Gasteiger partial charge in [0.05, 0.1) is 87.9 Å². The van der Waals surface area contributed by atoms with Gasteiger partial charge in [0.2, 0.25) is 5.91 Å². The molecule has 4 aliphatic rings. The number of fused-ring (bicyclic) bond motifs is 4. The van der Waals surface area contributed by atoms with Crippen molar-refractivity contribution in [2.24, 2.45) is 11.8 Å². The number of ether oxygens (including phenoxy) is 8. The number of benzene rings is 4. The first-order valence-corrected chi connectivity index (χ1v) is 30.6. The van der Waals surface area contributed by atoms with Crippen molar-refractivity contribution in [3.8, 4) is 23.0 Å². The lowest BCUT2D eigenvalue weighted by Crippen LogP contribution is -2.50. The van der Waals surface area contributed by atoms with Crippen molar-refractivity contribution in [2.45, 2.75) is 143 Å². The van der Waals surface area contributed by atoms with Crippen molar-refractivity contribution in [2.75, 3.05) is 64.2 Å². The zero-order chi connectivity index (χ0) is 65.6. The maximum Gasteiger partial charge on any atom is 0.416 e. The summed E-state index contributed by atoms with van der Waals surface area (Å²) in [4.78, 5) is 113. The molecule has 0 bridgehead atoms. The number of Topliss-reactive ketones (excluding diaryl/α,β-unsaturated/α-hetero) is 3. The fraction of sp³-hybridized carbons (Fsp3) is 0.471. The number of carbonyl (C=O) groups excluding carboxylic acids is 8. The zero-order valence-electron chi connectivity index (χ0n) is 53.2. The maximum atomic E-state index is 14.3. The topological polar surface area (TPSA) is 276 Å². The van der Waals surface area contributed by atoms with Crippen LogP contribution in [-0.2, 0) is 64.2 Å². The molecule has 8 rings (SSSR count). The molecule has 23 heteroatoms. The molecule has 4 aromatic rings. The SMILES string of the molecule is COCCOCCC(=O)C[C@H](C(=O)N[C@@H](C)C(=O)Cc1ccc(COC(=O)N2c3cc(OCCCCCOc4cc5c(cc4OC)C(=O)N4C=C(C)C[C@H]4[C@H](O)N5C(=O)OCc4ccc(CC(C)=O)cc4)c(OC)cc3C(=O)N3C=C(C)C[C@H]3[C@@H]2O)cc1)C(C)C. The van der Waals surface area contributed by atoms with Gasteiger partial charge in [0, 0.05) is 63.2 Å². The quantitative estimate of drug-likeness (QED) is 0.0412. The monoisotopic (exact) mass is 1260 g/mol. The van der Waals surface area contributed by atoms with Gasteiger partial charge in [0.25, 0.3) is 11.8 Å². The van der Waals surface area contributed by atoms with Crippen LogP contribution >= 0.6 is 0 Å². The Morgan fingerprint density at radius 3 is 1.49 bits per heavy atom. The largest absolute Gasteiger partial charge is 0.493 e. The van der Waals surface area contributed by atoms with E-state index in [-0.39, 0.29) is 140 Å². The fourth-order valence-corrected chi connectivity index (χ4v) is 11.4. The molecule has 4 aromatic carbocycles. The van der Waals surface area contributed by atoms with Crippen molar-refractivity contribution < 1.29 is 86.5 Å². The molecule has 0 radical (unpaired) electrons. The van der Waals surface area contributed by atoms with Crippen molar-refractivity contribution in [3.63, 3.8) is 0 Å². The highest BCUT2D eigenvalue weighted by Gasteiger charge is 2.47. The van der Waals surface area contributed by atoms with Gasteiger partial charge in [-0.1, -0.05) is 73.5 Å². The Morgan fingerprint density at radius 2 is 1.05 bits per heavy atom. The van der Waals surface area contributed by atoms with Crippen LogP contribution in [0.3, 0.4) is 0 Å². The lowest BCUT2D eigenvalue weighted by Gasteiger charge is -2.31. The first kappa shape index (κ1) is 68.3. The summed E-state index contributed by atoms with van der Waals surface area (Å²) in [6.45, 7) is 11.4. The van der Waals surface area contributed by atoms with Crippen LogP contribution in [0.2, 0.25) is 0 Å². The second-order valence-corrected chi connectivity index (χ2v) is 23.7. The molecule has 23 nitrogen and oxygen atoms in total. The van der Waals surface area contributed by atoms with Gasteiger partial charge in [-0.2, -0.15) is 0 Å². The van der Waals surface area contributed by atoms with E-state index < -0.39 is 60.5 Å². The number of hydrogen-bond donors (Lipinski definition) is 3. The van der Waals surface area contributed by atoms with Crippen molar-refractivity contribution in [1.29, 1.82) is 0 Å². The Balaban J connectivity index is 0.883. The van der Waals surface area contributed by atoms with E-state index in [0.717, 1.165) is 26.5 Å². The van der Waals surface area contributed by atoms with Crippen LogP contribution in [0.15, 0.2) is 96.3 Å². The number of amides is 5. The Bertz CT molecular complexity index is 3380. The zero-order valence-corrected chi connectivity index (χ0v) is 53.2. The number of hydrogen-bond acceptors (Lipinski definition) is 18. The molecule has 0 saturated heterocycles. The summed E-state index contributed by atoms with van der Waals surface area (Å²) < 4.78 is 45.9. The van der Waals surface area contributed by atoms with Crippen LogP contribution in [0.5, 0.6) is 23.0 Å². The van der Waals surface area contributed by atoms with Gasteiger partial charge < -0.3 is 63.2 Å². The molecular formula is C68H83N5O18.